The van der Waals surface area contributed by atoms with E-state index in [-0.39, 0.29) is 18.8 Å². The summed E-state index contributed by atoms with van der Waals surface area (Å²) < 4.78 is 5.08. The van der Waals surface area contributed by atoms with Gasteiger partial charge in [0.15, 0.2) is 6.23 Å². The number of carboxylic acid groups (broad SMARTS) is 1. The second-order valence-electron chi connectivity index (χ2n) is 3.73. The SMILES string of the molecule is CC(OC(=O)CCCCC(=O)O)N1CCOO1. The number of hydrogen-bond acceptors (Lipinski definition) is 6. The van der Waals surface area contributed by atoms with Crippen LogP contribution < -0.4 is 0 Å². The molecule has 0 aromatic heterocycles. The van der Waals surface area contributed by atoms with E-state index in [1.165, 1.54) is 5.06 Å². The molecule has 1 unspecified atom stereocenters. The van der Waals surface area contributed by atoms with Crippen molar-refractivity contribution in [3.05, 3.63) is 0 Å². The van der Waals surface area contributed by atoms with Gasteiger partial charge in [0.05, 0.1) is 13.2 Å². The molecule has 17 heavy (non-hydrogen) atoms. The number of rotatable bonds is 7. The van der Waals surface area contributed by atoms with Crippen molar-refractivity contribution in [2.45, 2.75) is 38.8 Å². The van der Waals surface area contributed by atoms with E-state index in [0.717, 1.165) is 0 Å². The lowest BCUT2D eigenvalue weighted by Gasteiger charge is -2.19. The maximum Gasteiger partial charge on any atom is 0.307 e. The minimum absolute atomic E-state index is 0.0753. The molecule has 1 atom stereocenters. The van der Waals surface area contributed by atoms with Crippen molar-refractivity contribution >= 4 is 11.9 Å². The number of carbonyl (C=O) groups excluding carboxylic acids is 1. The van der Waals surface area contributed by atoms with Crippen LogP contribution in [0.15, 0.2) is 0 Å². The smallest absolute Gasteiger partial charge is 0.307 e. The van der Waals surface area contributed by atoms with Gasteiger partial charge in [0.2, 0.25) is 0 Å². The molecule has 7 nitrogen and oxygen atoms in total. The third-order valence-corrected chi connectivity index (χ3v) is 2.27. The average molecular weight is 247 g/mol. The van der Waals surface area contributed by atoms with Crippen LogP contribution in [0.5, 0.6) is 0 Å². The van der Waals surface area contributed by atoms with Gasteiger partial charge in [-0.1, -0.05) is 0 Å². The Morgan fingerprint density at radius 2 is 2.12 bits per heavy atom. The first-order valence-electron chi connectivity index (χ1n) is 5.57. The fourth-order valence-corrected chi connectivity index (χ4v) is 1.37. The summed E-state index contributed by atoms with van der Waals surface area (Å²) in [4.78, 5) is 31.0. The number of carboxylic acids is 1. The number of nitrogens with zero attached hydrogens (tertiary/aromatic N) is 1. The third kappa shape index (κ3) is 5.62. The van der Waals surface area contributed by atoms with Gasteiger partial charge >= 0.3 is 11.9 Å². The molecule has 1 heterocycles. The zero-order valence-corrected chi connectivity index (χ0v) is 9.76. The highest BCUT2D eigenvalue weighted by Gasteiger charge is 2.23. The molecule has 0 radical (unpaired) electrons. The van der Waals surface area contributed by atoms with Crippen LogP contribution in [0, 0.1) is 0 Å². The predicted octanol–water partition coefficient (Wildman–Crippen LogP) is 0.699. The highest BCUT2D eigenvalue weighted by Crippen LogP contribution is 2.10. The van der Waals surface area contributed by atoms with Crippen LogP contribution >= 0.6 is 0 Å². The summed E-state index contributed by atoms with van der Waals surface area (Å²) in [6, 6.07) is 0. The number of hydroxylamine groups is 2. The zero-order chi connectivity index (χ0) is 12.7. The minimum atomic E-state index is -0.852. The summed E-state index contributed by atoms with van der Waals surface area (Å²) in [5, 5.41) is 9.84. The highest BCUT2D eigenvalue weighted by atomic mass is 17.3. The van der Waals surface area contributed by atoms with Crippen molar-refractivity contribution in [1.82, 2.24) is 5.06 Å². The Morgan fingerprint density at radius 1 is 1.41 bits per heavy atom. The lowest BCUT2D eigenvalue weighted by Crippen LogP contribution is -2.33. The Labute approximate surface area is 99.1 Å². The summed E-state index contributed by atoms with van der Waals surface area (Å²) in [5.41, 5.74) is 0. The summed E-state index contributed by atoms with van der Waals surface area (Å²) >= 11 is 0. The lowest BCUT2D eigenvalue weighted by molar-refractivity contribution is -0.396. The lowest BCUT2D eigenvalue weighted by atomic mass is 10.2. The molecule has 1 saturated heterocycles. The normalized spacial score (nSPS) is 17.9. The fourth-order valence-electron chi connectivity index (χ4n) is 1.37. The molecule has 7 heteroatoms. The van der Waals surface area contributed by atoms with Crippen LogP contribution in [-0.2, 0) is 24.2 Å². The van der Waals surface area contributed by atoms with Crippen molar-refractivity contribution in [3.8, 4) is 0 Å². The predicted molar refractivity (Wildman–Crippen MR) is 55.4 cm³/mol. The van der Waals surface area contributed by atoms with Crippen LogP contribution in [0.25, 0.3) is 0 Å². The topological polar surface area (TPSA) is 85.3 Å². The van der Waals surface area contributed by atoms with E-state index in [9.17, 15) is 9.59 Å². The molecule has 0 aliphatic carbocycles. The first kappa shape index (κ1) is 13.9. The minimum Gasteiger partial charge on any atom is -0.481 e. The molecule has 1 fully saturated rings. The molecule has 1 rings (SSSR count). The fraction of sp³-hybridized carbons (Fsp3) is 0.800. The third-order valence-electron chi connectivity index (χ3n) is 2.27. The van der Waals surface area contributed by atoms with Crippen LogP contribution in [-0.4, -0.2) is 41.5 Å². The van der Waals surface area contributed by atoms with Gasteiger partial charge < -0.3 is 9.84 Å². The van der Waals surface area contributed by atoms with Crippen LogP contribution in [0.1, 0.15) is 32.6 Å². The molecular formula is C10H17NO6. The Kier molecular flexibility index (Phi) is 5.88. The molecule has 1 N–H and O–H groups in total. The second-order valence-corrected chi connectivity index (χ2v) is 3.73. The van der Waals surface area contributed by atoms with Gasteiger partial charge in [-0.05, 0) is 19.8 Å². The standard InChI is InChI=1S/C10H17NO6/c1-8(11-6-7-15-17-11)16-10(14)5-3-2-4-9(12)13/h8H,2-7H2,1H3,(H,12,13). The Hall–Kier alpha value is -1.18. The van der Waals surface area contributed by atoms with E-state index >= 15 is 0 Å². The van der Waals surface area contributed by atoms with Crippen LogP contribution in [0.2, 0.25) is 0 Å². The molecule has 0 aromatic rings. The number of esters is 1. The number of ether oxygens (including phenoxy) is 1. The largest absolute Gasteiger partial charge is 0.481 e. The molecular weight excluding hydrogens is 230 g/mol. The van der Waals surface area contributed by atoms with Crippen LogP contribution in [0.4, 0.5) is 0 Å². The van der Waals surface area contributed by atoms with Crippen molar-refractivity contribution in [1.29, 1.82) is 0 Å². The Bertz CT molecular complexity index is 264. The first-order chi connectivity index (χ1) is 8.09. The molecule has 0 saturated carbocycles. The molecule has 0 amide bonds. The monoisotopic (exact) mass is 247 g/mol. The Morgan fingerprint density at radius 3 is 2.71 bits per heavy atom. The maximum absolute atomic E-state index is 11.4. The van der Waals surface area contributed by atoms with Crippen LogP contribution in [0.3, 0.4) is 0 Å². The second kappa shape index (κ2) is 7.21. The average Bonchev–Trinajstić information content (AvgIpc) is 2.77. The number of unbranched alkanes of at least 4 members (excludes halogenated alkanes) is 1. The van der Waals surface area contributed by atoms with Crippen molar-refractivity contribution in [2.24, 2.45) is 0 Å². The summed E-state index contributed by atoms with van der Waals surface area (Å²) in [7, 11) is 0. The van der Waals surface area contributed by atoms with E-state index in [1.54, 1.807) is 6.92 Å². The van der Waals surface area contributed by atoms with Gasteiger partial charge in [0.25, 0.3) is 0 Å². The van der Waals surface area contributed by atoms with E-state index < -0.39 is 12.2 Å². The molecule has 1 aliphatic heterocycles. The van der Waals surface area contributed by atoms with Crippen molar-refractivity contribution in [2.75, 3.05) is 13.2 Å². The summed E-state index contributed by atoms with van der Waals surface area (Å²) in [6.07, 6.45) is 0.778. The van der Waals surface area contributed by atoms with E-state index in [2.05, 4.69) is 4.89 Å². The van der Waals surface area contributed by atoms with Gasteiger partial charge in [-0.3, -0.25) is 9.59 Å². The van der Waals surface area contributed by atoms with Gasteiger partial charge in [0, 0.05) is 12.8 Å². The quantitative estimate of drug-likeness (QED) is 0.402. The summed E-state index contributed by atoms with van der Waals surface area (Å²) in [5.74, 6) is -1.22. The highest BCUT2D eigenvalue weighted by molar-refractivity contribution is 5.69. The first-order valence-corrected chi connectivity index (χ1v) is 5.57. The van der Waals surface area contributed by atoms with Gasteiger partial charge in [-0.2, -0.15) is 0 Å². The Balaban J connectivity index is 2.09. The van der Waals surface area contributed by atoms with E-state index in [4.69, 9.17) is 14.8 Å². The van der Waals surface area contributed by atoms with Crippen molar-refractivity contribution in [3.63, 3.8) is 0 Å². The van der Waals surface area contributed by atoms with E-state index in [0.29, 0.717) is 26.0 Å². The number of hydrogen-bond donors (Lipinski definition) is 1. The van der Waals surface area contributed by atoms with E-state index in [1.807, 2.05) is 0 Å². The number of aliphatic carboxylic acids is 1. The molecule has 0 spiro atoms. The van der Waals surface area contributed by atoms with Gasteiger partial charge in [-0.15, -0.1) is 10.1 Å². The molecule has 0 bridgehead atoms. The summed E-state index contributed by atoms with van der Waals surface area (Å²) in [6.45, 7) is 2.68. The van der Waals surface area contributed by atoms with Gasteiger partial charge in [-0.25, -0.2) is 4.89 Å². The van der Waals surface area contributed by atoms with Crippen molar-refractivity contribution < 1.29 is 29.3 Å². The molecule has 0 aromatic carbocycles. The molecule has 1 aliphatic rings. The number of carbonyl (C=O) groups is 2. The zero-order valence-electron chi connectivity index (χ0n) is 9.76. The van der Waals surface area contributed by atoms with Gasteiger partial charge in [0.1, 0.15) is 0 Å². The maximum atomic E-state index is 11.4. The molecule has 98 valence electrons.